The van der Waals surface area contributed by atoms with Crippen molar-refractivity contribution in [2.75, 3.05) is 35.6 Å². The monoisotopic (exact) mass is 277 g/mol. The van der Waals surface area contributed by atoms with Crippen molar-refractivity contribution in [3.8, 4) is 0 Å². The van der Waals surface area contributed by atoms with Crippen LogP contribution >= 0.6 is 0 Å². The van der Waals surface area contributed by atoms with Crippen LogP contribution in [0.4, 0.5) is 17.3 Å². The first-order valence-electron chi connectivity index (χ1n) is 7.77. The molecule has 1 aromatic heterocycles. The van der Waals surface area contributed by atoms with Crippen LogP contribution in [0.5, 0.6) is 0 Å². The molecule has 0 radical (unpaired) electrons. The number of anilines is 3. The van der Waals surface area contributed by atoms with E-state index in [-0.39, 0.29) is 0 Å². The van der Waals surface area contributed by atoms with Gasteiger partial charge in [-0.25, -0.2) is 9.97 Å². The molecule has 5 nitrogen and oxygen atoms in total. The molecule has 0 aromatic carbocycles. The summed E-state index contributed by atoms with van der Waals surface area (Å²) in [6.07, 6.45) is 7.79. The van der Waals surface area contributed by atoms with Crippen LogP contribution in [0.2, 0.25) is 0 Å². The minimum atomic E-state index is 0.677. The zero-order chi connectivity index (χ0) is 14.4. The van der Waals surface area contributed by atoms with Gasteiger partial charge in [0.2, 0.25) is 0 Å². The van der Waals surface area contributed by atoms with E-state index in [9.17, 15) is 0 Å². The predicted octanol–water partition coefficient (Wildman–Crippen LogP) is 2.90. The summed E-state index contributed by atoms with van der Waals surface area (Å²) in [5.41, 5.74) is 6.95. The van der Waals surface area contributed by atoms with Crippen molar-refractivity contribution in [2.24, 2.45) is 5.92 Å². The number of aromatic nitrogens is 2. The lowest BCUT2D eigenvalue weighted by atomic mass is 10.1. The van der Waals surface area contributed by atoms with E-state index in [1.165, 1.54) is 25.7 Å². The van der Waals surface area contributed by atoms with Gasteiger partial charge in [-0.2, -0.15) is 0 Å². The number of hydrogen-bond donors (Lipinski definition) is 2. The Kier molecular flexibility index (Phi) is 5.44. The Balaban J connectivity index is 2.05. The quantitative estimate of drug-likeness (QED) is 0.866. The summed E-state index contributed by atoms with van der Waals surface area (Å²) in [6, 6.07) is 0. The summed E-state index contributed by atoms with van der Waals surface area (Å²) < 4.78 is 0. The second-order valence-corrected chi connectivity index (χ2v) is 5.97. The molecule has 0 amide bonds. The van der Waals surface area contributed by atoms with Crippen molar-refractivity contribution in [3.05, 3.63) is 6.33 Å². The molecule has 5 heteroatoms. The van der Waals surface area contributed by atoms with E-state index in [2.05, 4.69) is 34.0 Å². The van der Waals surface area contributed by atoms with E-state index in [4.69, 9.17) is 5.73 Å². The Labute approximate surface area is 122 Å². The molecule has 1 aliphatic heterocycles. The van der Waals surface area contributed by atoms with Gasteiger partial charge in [-0.1, -0.05) is 26.7 Å². The largest absolute Gasteiger partial charge is 0.393 e. The lowest BCUT2D eigenvalue weighted by Gasteiger charge is -2.23. The van der Waals surface area contributed by atoms with Gasteiger partial charge in [-0.05, 0) is 25.2 Å². The number of nitrogen functional groups attached to an aromatic ring is 1. The highest BCUT2D eigenvalue weighted by Gasteiger charge is 2.16. The summed E-state index contributed by atoms with van der Waals surface area (Å²) in [4.78, 5) is 11.0. The SMILES string of the molecule is CC(C)CCNc1ncnc(N2CCCCCC2)c1N. The maximum atomic E-state index is 6.25. The highest BCUT2D eigenvalue weighted by atomic mass is 15.2. The zero-order valence-electron chi connectivity index (χ0n) is 12.7. The Morgan fingerprint density at radius 3 is 2.55 bits per heavy atom. The van der Waals surface area contributed by atoms with Crippen LogP contribution in [0, 0.1) is 5.92 Å². The molecule has 1 saturated heterocycles. The normalized spacial score (nSPS) is 16.2. The summed E-state index contributed by atoms with van der Waals surface area (Å²) in [6.45, 7) is 7.43. The molecule has 2 heterocycles. The average Bonchev–Trinajstić information content (AvgIpc) is 2.69. The minimum Gasteiger partial charge on any atom is -0.393 e. The fourth-order valence-corrected chi connectivity index (χ4v) is 2.54. The van der Waals surface area contributed by atoms with Gasteiger partial charge in [-0.15, -0.1) is 0 Å². The maximum absolute atomic E-state index is 6.25. The van der Waals surface area contributed by atoms with Crippen molar-refractivity contribution in [2.45, 2.75) is 46.0 Å². The van der Waals surface area contributed by atoms with Crippen molar-refractivity contribution >= 4 is 17.3 Å². The van der Waals surface area contributed by atoms with Crippen LogP contribution in [0.1, 0.15) is 46.0 Å². The first-order valence-corrected chi connectivity index (χ1v) is 7.77. The zero-order valence-corrected chi connectivity index (χ0v) is 12.7. The molecule has 0 atom stereocenters. The molecule has 0 saturated carbocycles. The summed E-state index contributed by atoms with van der Waals surface area (Å²) in [7, 11) is 0. The molecule has 3 N–H and O–H groups in total. The molecule has 0 unspecified atom stereocenters. The lowest BCUT2D eigenvalue weighted by Crippen LogP contribution is -2.26. The van der Waals surface area contributed by atoms with Crippen LogP contribution < -0.4 is 16.0 Å². The highest BCUT2D eigenvalue weighted by Crippen LogP contribution is 2.27. The first-order chi connectivity index (χ1) is 9.68. The molecular weight excluding hydrogens is 250 g/mol. The van der Waals surface area contributed by atoms with Crippen molar-refractivity contribution in [3.63, 3.8) is 0 Å². The molecule has 1 fully saturated rings. The van der Waals surface area contributed by atoms with Gasteiger partial charge >= 0.3 is 0 Å². The van der Waals surface area contributed by atoms with Crippen LogP contribution in [-0.4, -0.2) is 29.6 Å². The molecule has 0 bridgehead atoms. The van der Waals surface area contributed by atoms with E-state index in [0.717, 1.165) is 37.7 Å². The van der Waals surface area contributed by atoms with Gasteiger partial charge in [-0.3, -0.25) is 0 Å². The van der Waals surface area contributed by atoms with Gasteiger partial charge < -0.3 is 16.0 Å². The fourth-order valence-electron chi connectivity index (χ4n) is 2.54. The number of nitrogens with one attached hydrogen (secondary N) is 1. The first kappa shape index (κ1) is 14.9. The lowest BCUT2D eigenvalue weighted by molar-refractivity contribution is 0.606. The third-order valence-electron chi connectivity index (χ3n) is 3.78. The van der Waals surface area contributed by atoms with E-state index in [1.54, 1.807) is 6.33 Å². The van der Waals surface area contributed by atoms with Gasteiger partial charge in [0, 0.05) is 19.6 Å². The van der Waals surface area contributed by atoms with Crippen LogP contribution in [0.15, 0.2) is 6.33 Å². The van der Waals surface area contributed by atoms with Gasteiger partial charge in [0.1, 0.15) is 12.0 Å². The number of nitrogens with zero attached hydrogens (tertiary/aromatic N) is 3. The molecule has 1 aliphatic rings. The minimum absolute atomic E-state index is 0.677. The standard InChI is InChI=1S/C15H27N5/c1-12(2)7-8-17-14-13(16)15(19-11-18-14)20-9-5-3-4-6-10-20/h11-12H,3-10,16H2,1-2H3,(H,17,18,19). The van der Waals surface area contributed by atoms with Crippen LogP contribution in [0.3, 0.4) is 0 Å². The van der Waals surface area contributed by atoms with E-state index >= 15 is 0 Å². The highest BCUT2D eigenvalue weighted by molar-refractivity contribution is 5.74. The average molecular weight is 277 g/mol. The molecule has 2 rings (SSSR count). The van der Waals surface area contributed by atoms with Crippen LogP contribution in [-0.2, 0) is 0 Å². The van der Waals surface area contributed by atoms with Crippen molar-refractivity contribution in [1.82, 2.24) is 9.97 Å². The molecule has 112 valence electrons. The Hall–Kier alpha value is -1.52. The molecule has 0 spiro atoms. The molecule has 0 aliphatic carbocycles. The Morgan fingerprint density at radius 2 is 1.90 bits per heavy atom. The Morgan fingerprint density at radius 1 is 1.20 bits per heavy atom. The van der Waals surface area contributed by atoms with Gasteiger partial charge in [0.15, 0.2) is 11.6 Å². The molecular formula is C15H27N5. The third kappa shape index (κ3) is 3.99. The molecule has 20 heavy (non-hydrogen) atoms. The number of nitrogens with two attached hydrogens (primary N) is 1. The second-order valence-electron chi connectivity index (χ2n) is 5.97. The summed E-state index contributed by atoms with van der Waals surface area (Å²) >= 11 is 0. The van der Waals surface area contributed by atoms with Crippen molar-refractivity contribution < 1.29 is 0 Å². The maximum Gasteiger partial charge on any atom is 0.157 e. The molecule has 1 aromatic rings. The Bertz CT molecular complexity index is 411. The van der Waals surface area contributed by atoms with Crippen molar-refractivity contribution in [1.29, 1.82) is 0 Å². The van der Waals surface area contributed by atoms with E-state index in [1.807, 2.05) is 0 Å². The summed E-state index contributed by atoms with van der Waals surface area (Å²) in [5.74, 6) is 2.35. The smallest absolute Gasteiger partial charge is 0.157 e. The topological polar surface area (TPSA) is 67.1 Å². The van der Waals surface area contributed by atoms with E-state index in [0.29, 0.717) is 11.6 Å². The van der Waals surface area contributed by atoms with Gasteiger partial charge in [0.25, 0.3) is 0 Å². The van der Waals surface area contributed by atoms with Gasteiger partial charge in [0.05, 0.1) is 0 Å². The van der Waals surface area contributed by atoms with Crippen LogP contribution in [0.25, 0.3) is 0 Å². The number of hydrogen-bond acceptors (Lipinski definition) is 5. The fraction of sp³-hybridized carbons (Fsp3) is 0.733. The second kappa shape index (κ2) is 7.31. The number of rotatable bonds is 5. The van der Waals surface area contributed by atoms with E-state index < -0.39 is 0 Å². The predicted molar refractivity (Wildman–Crippen MR) is 85.1 cm³/mol. The third-order valence-corrected chi connectivity index (χ3v) is 3.78. The summed E-state index contributed by atoms with van der Waals surface area (Å²) in [5, 5.41) is 3.34.